The van der Waals surface area contributed by atoms with Crippen LogP contribution in [0, 0.1) is 18.6 Å². The topological polar surface area (TPSA) is 24.1 Å². The van der Waals surface area contributed by atoms with Crippen LogP contribution < -0.4 is 10.6 Å². The molecule has 0 heterocycles. The van der Waals surface area contributed by atoms with Gasteiger partial charge in [0.25, 0.3) is 0 Å². The highest BCUT2D eigenvalue weighted by Crippen LogP contribution is 2.23. The van der Waals surface area contributed by atoms with Gasteiger partial charge in [0, 0.05) is 16.8 Å². The fraction of sp³-hybridized carbons (Fsp3) is 0.0714. The van der Waals surface area contributed by atoms with Crippen molar-refractivity contribution in [2.45, 2.75) is 6.92 Å². The molecule has 0 aromatic heterocycles. The first-order valence-electron chi connectivity index (χ1n) is 5.75. The zero-order valence-corrected chi connectivity index (χ0v) is 12.1. The van der Waals surface area contributed by atoms with E-state index in [1.165, 1.54) is 0 Å². The molecule has 0 fully saturated rings. The van der Waals surface area contributed by atoms with Crippen LogP contribution in [0.5, 0.6) is 0 Å². The third kappa shape index (κ3) is 3.43. The SMILES string of the molecule is Cc1c(Cl)cccc1NC(=S)Nc1cc(F)ccc1F. The molecule has 2 rings (SSSR count). The predicted octanol–water partition coefficient (Wildman–Crippen LogP) is 4.74. The summed E-state index contributed by atoms with van der Waals surface area (Å²) in [5, 5.41) is 6.25. The Morgan fingerprint density at radius 3 is 2.55 bits per heavy atom. The molecular weight excluding hydrogens is 302 g/mol. The van der Waals surface area contributed by atoms with E-state index in [1.54, 1.807) is 18.2 Å². The van der Waals surface area contributed by atoms with E-state index in [0.29, 0.717) is 10.7 Å². The standard InChI is InChI=1S/C14H11ClF2N2S/c1-8-10(15)3-2-4-12(8)18-14(20)19-13-7-9(16)5-6-11(13)17/h2-7H,1H3,(H2,18,19,20). The number of rotatable bonds is 2. The van der Waals surface area contributed by atoms with Gasteiger partial charge in [-0.1, -0.05) is 17.7 Å². The van der Waals surface area contributed by atoms with Crippen molar-refractivity contribution in [2.75, 3.05) is 10.6 Å². The van der Waals surface area contributed by atoms with Crippen LogP contribution in [0.1, 0.15) is 5.56 Å². The Morgan fingerprint density at radius 2 is 1.80 bits per heavy atom. The molecule has 2 N–H and O–H groups in total. The molecule has 0 aliphatic carbocycles. The van der Waals surface area contributed by atoms with Crippen molar-refractivity contribution in [1.29, 1.82) is 0 Å². The van der Waals surface area contributed by atoms with Crippen LogP contribution in [0.15, 0.2) is 36.4 Å². The molecule has 2 aromatic carbocycles. The summed E-state index contributed by atoms with van der Waals surface area (Å²) < 4.78 is 26.5. The molecule has 104 valence electrons. The predicted molar refractivity (Wildman–Crippen MR) is 82.4 cm³/mol. The van der Waals surface area contributed by atoms with Gasteiger partial charge in [-0.05, 0) is 49.0 Å². The van der Waals surface area contributed by atoms with Gasteiger partial charge in [0.05, 0.1) is 5.69 Å². The highest BCUT2D eigenvalue weighted by Gasteiger charge is 2.08. The van der Waals surface area contributed by atoms with E-state index >= 15 is 0 Å². The summed E-state index contributed by atoms with van der Waals surface area (Å²) in [5.74, 6) is -1.13. The van der Waals surface area contributed by atoms with Crippen molar-refractivity contribution in [2.24, 2.45) is 0 Å². The molecule has 0 atom stereocenters. The molecule has 20 heavy (non-hydrogen) atoms. The Morgan fingerprint density at radius 1 is 1.10 bits per heavy atom. The molecule has 0 spiro atoms. The van der Waals surface area contributed by atoms with E-state index in [1.807, 2.05) is 6.92 Å². The van der Waals surface area contributed by atoms with Gasteiger partial charge in [0.1, 0.15) is 11.6 Å². The van der Waals surface area contributed by atoms with Gasteiger partial charge in [-0.2, -0.15) is 0 Å². The monoisotopic (exact) mass is 312 g/mol. The zero-order chi connectivity index (χ0) is 14.7. The summed E-state index contributed by atoms with van der Waals surface area (Å²) in [5.41, 5.74) is 1.49. The lowest BCUT2D eigenvalue weighted by Crippen LogP contribution is -2.20. The Kier molecular flexibility index (Phi) is 4.52. The van der Waals surface area contributed by atoms with E-state index in [0.717, 1.165) is 23.8 Å². The fourth-order valence-electron chi connectivity index (χ4n) is 1.61. The third-order valence-electron chi connectivity index (χ3n) is 2.69. The number of hydrogen-bond acceptors (Lipinski definition) is 1. The summed E-state index contributed by atoms with van der Waals surface area (Å²) in [6, 6.07) is 8.42. The van der Waals surface area contributed by atoms with Gasteiger partial charge in [-0.15, -0.1) is 0 Å². The molecule has 0 aliphatic rings. The van der Waals surface area contributed by atoms with Crippen molar-refractivity contribution in [1.82, 2.24) is 0 Å². The van der Waals surface area contributed by atoms with Crippen molar-refractivity contribution in [3.63, 3.8) is 0 Å². The van der Waals surface area contributed by atoms with Crippen molar-refractivity contribution >= 4 is 40.3 Å². The minimum atomic E-state index is -0.585. The molecule has 0 aliphatic heterocycles. The number of anilines is 2. The fourth-order valence-corrected chi connectivity index (χ4v) is 2.01. The first-order chi connectivity index (χ1) is 9.47. The number of halogens is 3. The number of nitrogens with one attached hydrogen (secondary N) is 2. The molecular formula is C14H11ClF2N2S. The highest BCUT2D eigenvalue weighted by atomic mass is 35.5. The second kappa shape index (κ2) is 6.15. The van der Waals surface area contributed by atoms with Crippen LogP contribution >= 0.6 is 23.8 Å². The summed E-state index contributed by atoms with van der Waals surface area (Å²) in [6.45, 7) is 1.83. The van der Waals surface area contributed by atoms with Crippen LogP contribution in [0.2, 0.25) is 5.02 Å². The lowest BCUT2D eigenvalue weighted by molar-refractivity contribution is 0.604. The lowest BCUT2D eigenvalue weighted by atomic mass is 10.2. The largest absolute Gasteiger partial charge is 0.332 e. The van der Waals surface area contributed by atoms with E-state index in [2.05, 4.69) is 10.6 Å². The zero-order valence-electron chi connectivity index (χ0n) is 10.5. The Bertz CT molecular complexity index is 656. The van der Waals surface area contributed by atoms with Gasteiger partial charge < -0.3 is 10.6 Å². The maximum absolute atomic E-state index is 13.5. The third-order valence-corrected chi connectivity index (χ3v) is 3.31. The molecule has 0 bridgehead atoms. The second-order valence-corrected chi connectivity index (χ2v) is 4.93. The van der Waals surface area contributed by atoms with E-state index in [9.17, 15) is 8.78 Å². The summed E-state index contributed by atoms with van der Waals surface area (Å²) in [6.07, 6.45) is 0. The van der Waals surface area contributed by atoms with Crippen LogP contribution in [-0.2, 0) is 0 Å². The second-order valence-electron chi connectivity index (χ2n) is 4.12. The van der Waals surface area contributed by atoms with Gasteiger partial charge >= 0.3 is 0 Å². The van der Waals surface area contributed by atoms with E-state index in [-0.39, 0.29) is 10.8 Å². The Hall–Kier alpha value is -1.72. The van der Waals surface area contributed by atoms with Gasteiger partial charge in [0.15, 0.2) is 5.11 Å². The van der Waals surface area contributed by atoms with Gasteiger partial charge in [-0.25, -0.2) is 8.78 Å². The first kappa shape index (κ1) is 14.7. The summed E-state index contributed by atoms with van der Waals surface area (Å²) in [4.78, 5) is 0. The number of thiocarbonyl (C=S) groups is 1. The van der Waals surface area contributed by atoms with Gasteiger partial charge in [-0.3, -0.25) is 0 Å². The van der Waals surface area contributed by atoms with Crippen molar-refractivity contribution in [3.8, 4) is 0 Å². The van der Waals surface area contributed by atoms with E-state index in [4.69, 9.17) is 23.8 Å². The van der Waals surface area contributed by atoms with Crippen molar-refractivity contribution < 1.29 is 8.78 Å². The number of hydrogen-bond donors (Lipinski definition) is 2. The van der Waals surface area contributed by atoms with Crippen LogP contribution in [-0.4, -0.2) is 5.11 Å². The number of benzene rings is 2. The Labute approximate surface area is 125 Å². The van der Waals surface area contributed by atoms with Crippen LogP contribution in [0.25, 0.3) is 0 Å². The molecule has 2 nitrogen and oxygen atoms in total. The van der Waals surface area contributed by atoms with Crippen LogP contribution in [0.4, 0.5) is 20.2 Å². The van der Waals surface area contributed by atoms with Crippen molar-refractivity contribution in [3.05, 3.63) is 58.6 Å². The highest BCUT2D eigenvalue weighted by molar-refractivity contribution is 7.80. The molecule has 0 saturated carbocycles. The molecule has 0 saturated heterocycles. The minimum Gasteiger partial charge on any atom is -0.332 e. The average molecular weight is 313 g/mol. The smallest absolute Gasteiger partial charge is 0.175 e. The maximum Gasteiger partial charge on any atom is 0.175 e. The van der Waals surface area contributed by atoms with Gasteiger partial charge in [0.2, 0.25) is 0 Å². The molecule has 6 heteroatoms. The maximum atomic E-state index is 13.5. The lowest BCUT2D eigenvalue weighted by Gasteiger charge is -2.13. The summed E-state index contributed by atoms with van der Waals surface area (Å²) >= 11 is 11.1. The normalized spacial score (nSPS) is 10.2. The molecule has 0 unspecified atom stereocenters. The minimum absolute atomic E-state index is 0.0258. The Balaban J connectivity index is 2.13. The average Bonchev–Trinajstić information content (AvgIpc) is 2.39. The quantitative estimate of drug-likeness (QED) is 0.784. The van der Waals surface area contributed by atoms with Crippen LogP contribution in [0.3, 0.4) is 0 Å². The molecule has 0 amide bonds. The summed E-state index contributed by atoms with van der Waals surface area (Å²) in [7, 11) is 0. The molecule has 2 aromatic rings. The van der Waals surface area contributed by atoms with E-state index < -0.39 is 11.6 Å². The first-order valence-corrected chi connectivity index (χ1v) is 6.54. The molecule has 0 radical (unpaired) electrons.